The highest BCUT2D eigenvalue weighted by Gasteiger charge is 2.08. The number of nitrogens with zero attached hydrogens (tertiary/aromatic N) is 1. The fraction of sp³-hybridized carbons (Fsp3) is 0.105. The number of urea groups is 1. The summed E-state index contributed by atoms with van der Waals surface area (Å²) in [7, 11) is 4.03. The van der Waals surface area contributed by atoms with Gasteiger partial charge >= 0.3 is 6.03 Å². The van der Waals surface area contributed by atoms with Crippen LogP contribution in [0.15, 0.2) is 60.7 Å². The maximum absolute atomic E-state index is 12.1. The average molecular weight is 372 g/mol. The zero-order valence-corrected chi connectivity index (χ0v) is 15.5. The number of thiophene rings is 1. The zero-order chi connectivity index (χ0) is 17.8. The van der Waals surface area contributed by atoms with Crippen LogP contribution in [0.3, 0.4) is 0 Å². The Morgan fingerprint density at radius 3 is 2.48 bits per heavy atom. The van der Waals surface area contributed by atoms with Crippen LogP contribution < -0.4 is 15.5 Å². The smallest absolute Gasteiger partial charge is 0.324 e. The fourth-order valence-electron chi connectivity index (χ4n) is 2.31. The Morgan fingerprint density at radius 2 is 1.76 bits per heavy atom. The minimum Gasteiger partial charge on any atom is -0.378 e. The van der Waals surface area contributed by atoms with Gasteiger partial charge in [-0.1, -0.05) is 23.7 Å². The summed E-state index contributed by atoms with van der Waals surface area (Å²) >= 11 is 7.38. The van der Waals surface area contributed by atoms with Gasteiger partial charge in [0.25, 0.3) is 0 Å². The van der Waals surface area contributed by atoms with E-state index >= 15 is 0 Å². The third-order valence-corrected chi connectivity index (χ3v) is 4.89. The molecule has 0 bridgehead atoms. The number of carbonyl (C=O) groups excluding carboxylic acids is 1. The minimum atomic E-state index is -0.280. The molecule has 0 saturated heterocycles. The summed E-state index contributed by atoms with van der Waals surface area (Å²) in [6.45, 7) is 0. The average Bonchev–Trinajstić information content (AvgIpc) is 3.05. The normalized spacial score (nSPS) is 10.4. The SMILES string of the molecule is CN(C)c1cccc(-c2ccc(NC(=O)Nc3ccc(Cl)cc3)s2)c1. The number of nitrogens with one attached hydrogen (secondary N) is 2. The lowest BCUT2D eigenvalue weighted by Crippen LogP contribution is -2.18. The molecule has 0 atom stereocenters. The van der Waals surface area contributed by atoms with E-state index in [9.17, 15) is 4.79 Å². The molecule has 4 nitrogen and oxygen atoms in total. The number of benzene rings is 2. The molecule has 2 amide bonds. The van der Waals surface area contributed by atoms with Crippen molar-refractivity contribution in [3.63, 3.8) is 0 Å². The molecule has 0 aliphatic rings. The molecule has 0 saturated carbocycles. The number of hydrogen-bond acceptors (Lipinski definition) is 3. The molecule has 0 spiro atoms. The van der Waals surface area contributed by atoms with E-state index in [1.165, 1.54) is 11.3 Å². The van der Waals surface area contributed by atoms with Crippen molar-refractivity contribution in [3.8, 4) is 10.4 Å². The lowest BCUT2D eigenvalue weighted by Gasteiger charge is -2.13. The van der Waals surface area contributed by atoms with Gasteiger partial charge in [-0.15, -0.1) is 11.3 Å². The van der Waals surface area contributed by atoms with Gasteiger partial charge in [-0.3, -0.25) is 5.32 Å². The van der Waals surface area contributed by atoms with Crippen LogP contribution in [0.25, 0.3) is 10.4 Å². The summed E-state index contributed by atoms with van der Waals surface area (Å²) in [6, 6.07) is 18.9. The molecule has 25 heavy (non-hydrogen) atoms. The van der Waals surface area contributed by atoms with E-state index in [1.54, 1.807) is 24.3 Å². The molecule has 2 aromatic carbocycles. The number of hydrogen-bond donors (Lipinski definition) is 2. The third kappa shape index (κ3) is 4.53. The largest absolute Gasteiger partial charge is 0.378 e. The Balaban J connectivity index is 1.68. The molecule has 0 unspecified atom stereocenters. The first kappa shape index (κ1) is 17.3. The van der Waals surface area contributed by atoms with Crippen LogP contribution >= 0.6 is 22.9 Å². The van der Waals surface area contributed by atoms with Crippen LogP contribution in [0.1, 0.15) is 0 Å². The van der Waals surface area contributed by atoms with E-state index in [2.05, 4.69) is 33.7 Å². The molecule has 6 heteroatoms. The van der Waals surface area contributed by atoms with Gasteiger partial charge in [0.2, 0.25) is 0 Å². The highest BCUT2D eigenvalue weighted by atomic mass is 35.5. The summed E-state index contributed by atoms with van der Waals surface area (Å²) < 4.78 is 0. The highest BCUT2D eigenvalue weighted by molar-refractivity contribution is 7.19. The Labute approximate surface area is 156 Å². The van der Waals surface area contributed by atoms with Crippen molar-refractivity contribution in [1.29, 1.82) is 0 Å². The zero-order valence-electron chi connectivity index (χ0n) is 13.9. The molecule has 3 aromatic rings. The van der Waals surface area contributed by atoms with Crippen molar-refractivity contribution in [2.45, 2.75) is 0 Å². The van der Waals surface area contributed by atoms with Crippen molar-refractivity contribution in [2.75, 3.05) is 29.6 Å². The van der Waals surface area contributed by atoms with Gasteiger partial charge in [0, 0.05) is 35.4 Å². The van der Waals surface area contributed by atoms with Gasteiger partial charge < -0.3 is 10.2 Å². The first-order chi connectivity index (χ1) is 12.0. The van der Waals surface area contributed by atoms with E-state index in [0.29, 0.717) is 10.7 Å². The Morgan fingerprint density at radius 1 is 1.00 bits per heavy atom. The Bertz CT molecular complexity index is 874. The second kappa shape index (κ2) is 7.59. The summed E-state index contributed by atoms with van der Waals surface area (Å²) in [6.07, 6.45) is 0. The second-order valence-electron chi connectivity index (χ2n) is 5.69. The van der Waals surface area contributed by atoms with E-state index in [1.807, 2.05) is 32.3 Å². The van der Waals surface area contributed by atoms with Gasteiger partial charge in [-0.25, -0.2) is 4.79 Å². The van der Waals surface area contributed by atoms with Crippen LogP contribution in [0.4, 0.5) is 21.2 Å². The van der Waals surface area contributed by atoms with E-state index in [4.69, 9.17) is 11.6 Å². The molecule has 0 fully saturated rings. The standard InChI is InChI=1S/C19H18ClN3OS/c1-23(2)16-5-3-4-13(12-16)17-10-11-18(25-17)22-19(24)21-15-8-6-14(20)7-9-15/h3-12H,1-2H3,(H2,21,22,24). The maximum atomic E-state index is 12.1. The van der Waals surface area contributed by atoms with Gasteiger partial charge in [-0.2, -0.15) is 0 Å². The van der Waals surface area contributed by atoms with Gasteiger partial charge in [0.05, 0.1) is 5.00 Å². The molecule has 0 radical (unpaired) electrons. The Hall–Kier alpha value is -2.50. The molecule has 128 valence electrons. The Kier molecular flexibility index (Phi) is 5.26. The number of rotatable bonds is 4. The molecule has 0 aliphatic carbocycles. The van der Waals surface area contributed by atoms with Crippen LogP contribution in [-0.2, 0) is 0 Å². The number of amides is 2. The summed E-state index contributed by atoms with van der Waals surface area (Å²) in [5.41, 5.74) is 2.96. The van der Waals surface area contributed by atoms with E-state index in [0.717, 1.165) is 21.1 Å². The molecule has 2 N–H and O–H groups in total. The van der Waals surface area contributed by atoms with Crippen molar-refractivity contribution >= 4 is 45.3 Å². The third-order valence-electron chi connectivity index (χ3n) is 3.59. The van der Waals surface area contributed by atoms with Crippen molar-refractivity contribution < 1.29 is 4.79 Å². The summed E-state index contributed by atoms with van der Waals surface area (Å²) in [4.78, 5) is 15.3. The molecule has 1 aromatic heterocycles. The quantitative estimate of drug-likeness (QED) is 0.610. The van der Waals surface area contributed by atoms with Gasteiger partial charge in [-0.05, 0) is 54.1 Å². The predicted molar refractivity (Wildman–Crippen MR) is 108 cm³/mol. The van der Waals surface area contributed by atoms with Crippen LogP contribution in [0.5, 0.6) is 0 Å². The van der Waals surface area contributed by atoms with Gasteiger partial charge in [0.1, 0.15) is 0 Å². The lowest BCUT2D eigenvalue weighted by atomic mass is 10.1. The monoisotopic (exact) mass is 371 g/mol. The molecule has 1 heterocycles. The van der Waals surface area contributed by atoms with Crippen molar-refractivity contribution in [2.24, 2.45) is 0 Å². The summed E-state index contributed by atoms with van der Waals surface area (Å²) in [5.74, 6) is 0. The second-order valence-corrected chi connectivity index (χ2v) is 7.21. The summed E-state index contributed by atoms with van der Waals surface area (Å²) in [5, 5.41) is 7.06. The minimum absolute atomic E-state index is 0.280. The first-order valence-electron chi connectivity index (χ1n) is 7.72. The predicted octanol–water partition coefficient (Wildman–Crippen LogP) is 5.78. The van der Waals surface area contributed by atoms with Crippen LogP contribution in [0, 0.1) is 0 Å². The van der Waals surface area contributed by atoms with Crippen LogP contribution in [-0.4, -0.2) is 20.1 Å². The number of carbonyl (C=O) groups is 1. The van der Waals surface area contributed by atoms with Crippen LogP contribution in [0.2, 0.25) is 5.02 Å². The van der Waals surface area contributed by atoms with Gasteiger partial charge in [0.15, 0.2) is 0 Å². The molecule has 0 aliphatic heterocycles. The lowest BCUT2D eigenvalue weighted by molar-refractivity contribution is 0.262. The fourth-order valence-corrected chi connectivity index (χ4v) is 3.33. The van der Waals surface area contributed by atoms with Crippen molar-refractivity contribution in [3.05, 3.63) is 65.7 Å². The topological polar surface area (TPSA) is 44.4 Å². The molecular weight excluding hydrogens is 354 g/mol. The molecule has 3 rings (SSSR count). The van der Waals surface area contributed by atoms with E-state index < -0.39 is 0 Å². The van der Waals surface area contributed by atoms with E-state index in [-0.39, 0.29) is 6.03 Å². The van der Waals surface area contributed by atoms with Crippen molar-refractivity contribution in [1.82, 2.24) is 0 Å². The molecular formula is C19H18ClN3OS. The maximum Gasteiger partial charge on any atom is 0.324 e. The highest BCUT2D eigenvalue weighted by Crippen LogP contribution is 2.33. The number of halogens is 1. The number of anilines is 3. The first-order valence-corrected chi connectivity index (χ1v) is 8.92.